The van der Waals surface area contributed by atoms with E-state index in [1.165, 1.54) is 12.8 Å². The monoisotopic (exact) mass is 270 g/mol. The summed E-state index contributed by atoms with van der Waals surface area (Å²) in [4.78, 5) is 0. The van der Waals surface area contributed by atoms with Crippen LogP contribution in [0.25, 0.3) is 0 Å². The summed E-state index contributed by atoms with van der Waals surface area (Å²) in [6.45, 7) is 5.07. The van der Waals surface area contributed by atoms with Crippen molar-refractivity contribution in [2.45, 2.75) is 31.0 Å². The standard InChI is InChI=1S/C12H22N4OS/c1-3-5-13-11(10-4-6-17-7-10)8-18-12-15-14-9-16(12)2/h9-11,13H,3-8H2,1-2H3. The summed E-state index contributed by atoms with van der Waals surface area (Å²) in [6, 6.07) is 0.508. The fourth-order valence-electron chi connectivity index (χ4n) is 2.13. The molecule has 1 N–H and O–H groups in total. The summed E-state index contributed by atoms with van der Waals surface area (Å²) in [5, 5.41) is 12.6. The van der Waals surface area contributed by atoms with Crippen LogP contribution in [0.15, 0.2) is 11.5 Å². The van der Waals surface area contributed by atoms with E-state index in [2.05, 4.69) is 22.4 Å². The molecular formula is C12H22N4OS. The average molecular weight is 270 g/mol. The molecule has 1 aliphatic heterocycles. The van der Waals surface area contributed by atoms with Crippen LogP contribution >= 0.6 is 11.8 Å². The van der Waals surface area contributed by atoms with Gasteiger partial charge in [-0.3, -0.25) is 0 Å². The second-order valence-corrected chi connectivity index (χ2v) is 5.71. The topological polar surface area (TPSA) is 52.0 Å². The maximum Gasteiger partial charge on any atom is 0.190 e. The summed E-state index contributed by atoms with van der Waals surface area (Å²) in [5.41, 5.74) is 0. The third kappa shape index (κ3) is 3.70. The Morgan fingerprint density at radius 2 is 2.56 bits per heavy atom. The number of hydrogen-bond acceptors (Lipinski definition) is 5. The van der Waals surface area contributed by atoms with Crippen molar-refractivity contribution < 1.29 is 4.74 Å². The number of nitrogens with one attached hydrogen (secondary N) is 1. The summed E-state index contributed by atoms with van der Waals surface area (Å²) in [7, 11) is 1.98. The molecule has 0 bridgehead atoms. The zero-order chi connectivity index (χ0) is 12.8. The van der Waals surface area contributed by atoms with Gasteiger partial charge in [0.25, 0.3) is 0 Å². The molecule has 2 heterocycles. The highest BCUT2D eigenvalue weighted by Crippen LogP contribution is 2.23. The molecule has 1 fully saturated rings. The Balaban J connectivity index is 1.86. The van der Waals surface area contributed by atoms with Gasteiger partial charge in [0.1, 0.15) is 6.33 Å². The van der Waals surface area contributed by atoms with Crippen molar-refractivity contribution in [2.24, 2.45) is 13.0 Å². The van der Waals surface area contributed by atoms with Crippen LogP contribution in [-0.2, 0) is 11.8 Å². The van der Waals surface area contributed by atoms with E-state index in [1.807, 2.05) is 11.6 Å². The van der Waals surface area contributed by atoms with Crippen molar-refractivity contribution in [3.05, 3.63) is 6.33 Å². The molecule has 0 saturated carbocycles. The van der Waals surface area contributed by atoms with Gasteiger partial charge < -0.3 is 14.6 Å². The summed E-state index contributed by atoms with van der Waals surface area (Å²) >= 11 is 1.77. The van der Waals surface area contributed by atoms with Gasteiger partial charge in [-0.25, -0.2) is 0 Å². The van der Waals surface area contributed by atoms with Crippen LogP contribution in [0.5, 0.6) is 0 Å². The lowest BCUT2D eigenvalue weighted by Gasteiger charge is -2.23. The second-order valence-electron chi connectivity index (χ2n) is 4.72. The molecular weight excluding hydrogens is 248 g/mol. The van der Waals surface area contributed by atoms with Gasteiger partial charge >= 0.3 is 0 Å². The van der Waals surface area contributed by atoms with Gasteiger partial charge in [-0.05, 0) is 19.4 Å². The fourth-order valence-corrected chi connectivity index (χ4v) is 3.20. The van der Waals surface area contributed by atoms with E-state index in [-0.39, 0.29) is 0 Å². The van der Waals surface area contributed by atoms with Crippen molar-refractivity contribution in [2.75, 3.05) is 25.5 Å². The second kappa shape index (κ2) is 7.11. The SMILES string of the molecule is CCCNC(CSc1nncn1C)C1CCOC1. The number of rotatable bonds is 7. The Morgan fingerprint density at radius 3 is 3.17 bits per heavy atom. The molecule has 2 rings (SSSR count). The van der Waals surface area contributed by atoms with E-state index in [9.17, 15) is 0 Å². The first-order chi connectivity index (χ1) is 8.81. The molecule has 18 heavy (non-hydrogen) atoms. The van der Waals surface area contributed by atoms with Gasteiger partial charge in [0.05, 0.1) is 6.61 Å². The molecule has 1 aromatic heterocycles. The van der Waals surface area contributed by atoms with Crippen molar-refractivity contribution >= 4 is 11.8 Å². The number of nitrogens with zero attached hydrogens (tertiary/aromatic N) is 3. The van der Waals surface area contributed by atoms with Crippen molar-refractivity contribution in [3.63, 3.8) is 0 Å². The molecule has 0 spiro atoms. The van der Waals surface area contributed by atoms with E-state index in [1.54, 1.807) is 18.1 Å². The number of aromatic nitrogens is 3. The zero-order valence-electron chi connectivity index (χ0n) is 11.1. The van der Waals surface area contributed by atoms with E-state index in [0.717, 1.165) is 30.7 Å². The van der Waals surface area contributed by atoms with Crippen molar-refractivity contribution in [3.8, 4) is 0 Å². The van der Waals surface area contributed by atoms with E-state index in [4.69, 9.17) is 4.74 Å². The van der Waals surface area contributed by atoms with E-state index in [0.29, 0.717) is 12.0 Å². The van der Waals surface area contributed by atoms with Crippen molar-refractivity contribution in [1.29, 1.82) is 0 Å². The van der Waals surface area contributed by atoms with Crippen LogP contribution in [0, 0.1) is 5.92 Å². The lowest BCUT2D eigenvalue weighted by atomic mass is 10.0. The first-order valence-electron chi connectivity index (χ1n) is 6.59. The molecule has 6 heteroatoms. The van der Waals surface area contributed by atoms with Gasteiger partial charge in [0.2, 0.25) is 0 Å². The van der Waals surface area contributed by atoms with Gasteiger partial charge in [-0.2, -0.15) is 0 Å². The molecule has 0 aliphatic carbocycles. The average Bonchev–Trinajstić information content (AvgIpc) is 3.01. The maximum atomic E-state index is 5.50. The third-order valence-corrected chi connectivity index (χ3v) is 4.41. The number of ether oxygens (including phenoxy) is 1. The van der Waals surface area contributed by atoms with Crippen LogP contribution in [0.1, 0.15) is 19.8 Å². The quantitative estimate of drug-likeness (QED) is 0.757. The smallest absolute Gasteiger partial charge is 0.190 e. The minimum atomic E-state index is 0.508. The Bertz CT molecular complexity index is 352. The largest absolute Gasteiger partial charge is 0.381 e. The zero-order valence-corrected chi connectivity index (χ0v) is 11.9. The first kappa shape index (κ1) is 13.8. The highest BCUT2D eigenvalue weighted by molar-refractivity contribution is 7.99. The molecule has 2 unspecified atom stereocenters. The van der Waals surface area contributed by atoms with Crippen LogP contribution in [-0.4, -0.2) is 46.3 Å². The predicted octanol–water partition coefficient (Wildman–Crippen LogP) is 1.31. The predicted molar refractivity (Wildman–Crippen MR) is 72.7 cm³/mol. The summed E-state index contributed by atoms with van der Waals surface area (Å²) < 4.78 is 7.46. The lowest BCUT2D eigenvalue weighted by molar-refractivity contribution is 0.179. The normalized spacial score (nSPS) is 21.3. The fraction of sp³-hybridized carbons (Fsp3) is 0.833. The molecule has 102 valence electrons. The molecule has 0 amide bonds. The Labute approximate surface area is 113 Å². The Hall–Kier alpha value is -0.590. The molecule has 1 aliphatic rings. The maximum absolute atomic E-state index is 5.50. The molecule has 2 atom stereocenters. The molecule has 1 aromatic rings. The van der Waals surface area contributed by atoms with Gasteiger partial charge in [0, 0.05) is 31.4 Å². The van der Waals surface area contributed by atoms with Crippen LogP contribution < -0.4 is 5.32 Å². The minimum Gasteiger partial charge on any atom is -0.381 e. The highest BCUT2D eigenvalue weighted by atomic mass is 32.2. The first-order valence-corrected chi connectivity index (χ1v) is 7.57. The molecule has 1 saturated heterocycles. The van der Waals surface area contributed by atoms with Crippen LogP contribution in [0.3, 0.4) is 0 Å². The Kier molecular flexibility index (Phi) is 5.46. The summed E-state index contributed by atoms with van der Waals surface area (Å²) in [6.07, 6.45) is 4.08. The molecule has 0 radical (unpaired) electrons. The summed E-state index contributed by atoms with van der Waals surface area (Å²) in [5.74, 6) is 1.66. The van der Waals surface area contributed by atoms with E-state index < -0.39 is 0 Å². The number of hydrogen-bond donors (Lipinski definition) is 1. The number of thioether (sulfide) groups is 1. The van der Waals surface area contributed by atoms with Crippen LogP contribution in [0.4, 0.5) is 0 Å². The molecule has 0 aromatic carbocycles. The number of aryl methyl sites for hydroxylation is 1. The molecule has 5 nitrogen and oxygen atoms in total. The lowest BCUT2D eigenvalue weighted by Crippen LogP contribution is -2.39. The van der Waals surface area contributed by atoms with Gasteiger partial charge in [-0.1, -0.05) is 18.7 Å². The third-order valence-electron chi connectivity index (χ3n) is 3.25. The minimum absolute atomic E-state index is 0.508. The highest BCUT2D eigenvalue weighted by Gasteiger charge is 2.25. The Morgan fingerprint density at radius 1 is 1.67 bits per heavy atom. The van der Waals surface area contributed by atoms with Crippen molar-refractivity contribution in [1.82, 2.24) is 20.1 Å². The van der Waals surface area contributed by atoms with Crippen LogP contribution in [0.2, 0.25) is 0 Å². The van der Waals surface area contributed by atoms with Gasteiger partial charge in [-0.15, -0.1) is 10.2 Å². The van der Waals surface area contributed by atoms with Gasteiger partial charge in [0.15, 0.2) is 5.16 Å². The van der Waals surface area contributed by atoms with E-state index >= 15 is 0 Å².